The molecule has 0 saturated carbocycles. The molecule has 8 heteroatoms. The van der Waals surface area contributed by atoms with Gasteiger partial charge >= 0.3 is 11.9 Å². The summed E-state index contributed by atoms with van der Waals surface area (Å²) in [6.07, 6.45) is -0.294. The molecule has 6 nitrogen and oxygen atoms in total. The van der Waals surface area contributed by atoms with Gasteiger partial charge in [0.25, 0.3) is 5.91 Å². The van der Waals surface area contributed by atoms with Crippen LogP contribution in [0.3, 0.4) is 0 Å². The van der Waals surface area contributed by atoms with Gasteiger partial charge in [-0.15, -0.1) is 0 Å². The summed E-state index contributed by atoms with van der Waals surface area (Å²) >= 11 is 5.72. The smallest absolute Gasteiger partial charge is 0.326 e. The Labute approximate surface area is 124 Å². The molecule has 0 aliphatic carbocycles. The number of ether oxygens (including phenoxy) is 1. The van der Waals surface area contributed by atoms with Crippen LogP contribution in [0.1, 0.15) is 23.2 Å². The molecule has 1 atom stereocenters. The molecule has 1 rings (SSSR count). The second-order valence-corrected chi connectivity index (χ2v) is 4.51. The van der Waals surface area contributed by atoms with Crippen molar-refractivity contribution in [2.24, 2.45) is 0 Å². The van der Waals surface area contributed by atoms with Gasteiger partial charge in [0.15, 0.2) is 0 Å². The minimum atomic E-state index is -1.30. The van der Waals surface area contributed by atoms with Gasteiger partial charge in [-0.3, -0.25) is 9.59 Å². The molecule has 0 bridgehead atoms. The Morgan fingerprint density at radius 1 is 1.43 bits per heavy atom. The summed E-state index contributed by atoms with van der Waals surface area (Å²) in [5.74, 6) is -3.27. The van der Waals surface area contributed by atoms with Gasteiger partial charge in [0.05, 0.1) is 17.7 Å². The number of rotatable bonds is 6. The van der Waals surface area contributed by atoms with Crippen molar-refractivity contribution < 1.29 is 28.6 Å². The summed E-state index contributed by atoms with van der Waals surface area (Å²) in [5.41, 5.74) is -0.0533. The molecule has 0 aromatic heterocycles. The summed E-state index contributed by atoms with van der Waals surface area (Å²) in [7, 11) is 1.18. The highest BCUT2D eigenvalue weighted by Crippen LogP contribution is 2.17. The third kappa shape index (κ3) is 5.03. The highest BCUT2D eigenvalue weighted by Gasteiger charge is 2.23. The summed E-state index contributed by atoms with van der Waals surface area (Å²) in [6.45, 7) is 0. The summed E-state index contributed by atoms with van der Waals surface area (Å²) in [4.78, 5) is 34.0. The number of nitrogens with one attached hydrogen (secondary N) is 1. The van der Waals surface area contributed by atoms with E-state index < -0.39 is 29.7 Å². The number of aliphatic carboxylic acids is 1. The van der Waals surface area contributed by atoms with E-state index in [4.69, 9.17) is 16.7 Å². The van der Waals surface area contributed by atoms with E-state index >= 15 is 0 Å². The quantitative estimate of drug-likeness (QED) is 0.778. The number of carboxylic acid groups (broad SMARTS) is 1. The molecular weight excluding hydrogens is 305 g/mol. The van der Waals surface area contributed by atoms with E-state index in [-0.39, 0.29) is 23.4 Å². The van der Waals surface area contributed by atoms with Crippen LogP contribution in [-0.2, 0) is 14.3 Å². The molecule has 0 aliphatic rings. The van der Waals surface area contributed by atoms with Crippen molar-refractivity contribution in [2.45, 2.75) is 18.9 Å². The fourth-order valence-electron chi connectivity index (χ4n) is 1.53. The summed E-state index contributed by atoms with van der Waals surface area (Å²) < 4.78 is 17.3. The maximum absolute atomic E-state index is 12.9. The number of halogens is 2. The van der Waals surface area contributed by atoms with Gasteiger partial charge < -0.3 is 15.2 Å². The molecule has 0 saturated heterocycles. The second kappa shape index (κ2) is 7.58. The third-order valence-corrected chi connectivity index (χ3v) is 2.96. The van der Waals surface area contributed by atoms with E-state index in [1.54, 1.807) is 0 Å². The highest BCUT2D eigenvalue weighted by atomic mass is 35.5. The predicted octanol–water partition coefficient (Wildman–Crippen LogP) is 1.62. The number of carbonyl (C=O) groups is 3. The first-order valence-electron chi connectivity index (χ1n) is 5.90. The minimum Gasteiger partial charge on any atom is -0.480 e. The monoisotopic (exact) mass is 317 g/mol. The molecule has 0 radical (unpaired) electrons. The van der Waals surface area contributed by atoms with Crippen molar-refractivity contribution in [1.29, 1.82) is 0 Å². The van der Waals surface area contributed by atoms with Crippen LogP contribution in [0.2, 0.25) is 5.02 Å². The fraction of sp³-hybridized carbons (Fsp3) is 0.308. The van der Waals surface area contributed by atoms with Crippen LogP contribution < -0.4 is 5.32 Å². The normalized spacial score (nSPS) is 11.6. The fourth-order valence-corrected chi connectivity index (χ4v) is 1.78. The lowest BCUT2D eigenvalue weighted by Crippen LogP contribution is -2.41. The first-order valence-corrected chi connectivity index (χ1v) is 6.28. The Kier molecular flexibility index (Phi) is 6.10. The van der Waals surface area contributed by atoms with E-state index in [2.05, 4.69) is 10.1 Å². The zero-order valence-corrected chi connectivity index (χ0v) is 11.8. The van der Waals surface area contributed by atoms with Gasteiger partial charge in [-0.2, -0.15) is 0 Å². The molecule has 1 unspecified atom stereocenters. The molecule has 0 spiro atoms. The van der Waals surface area contributed by atoms with E-state index in [0.29, 0.717) is 0 Å². The van der Waals surface area contributed by atoms with Gasteiger partial charge in [0.2, 0.25) is 0 Å². The Morgan fingerprint density at radius 2 is 2.10 bits per heavy atom. The van der Waals surface area contributed by atoms with Crippen LogP contribution in [0.15, 0.2) is 18.2 Å². The second-order valence-electron chi connectivity index (χ2n) is 4.10. The molecule has 0 heterocycles. The molecular formula is C13H13ClFNO5. The van der Waals surface area contributed by atoms with Crippen molar-refractivity contribution in [3.63, 3.8) is 0 Å². The number of esters is 1. The summed E-state index contributed by atoms with van der Waals surface area (Å²) in [6, 6.07) is 1.84. The number of benzene rings is 1. The number of hydrogen-bond acceptors (Lipinski definition) is 4. The molecule has 1 aromatic carbocycles. The average Bonchev–Trinajstić information content (AvgIpc) is 2.42. The van der Waals surface area contributed by atoms with E-state index in [1.165, 1.54) is 7.11 Å². The molecule has 0 aliphatic heterocycles. The molecule has 1 aromatic rings. The van der Waals surface area contributed by atoms with Crippen molar-refractivity contribution >= 4 is 29.4 Å². The number of carboxylic acids is 1. The Bertz CT molecular complexity index is 563. The summed E-state index contributed by atoms with van der Waals surface area (Å²) in [5, 5.41) is 11.1. The van der Waals surface area contributed by atoms with Gasteiger partial charge in [-0.1, -0.05) is 11.6 Å². The van der Waals surface area contributed by atoms with Crippen LogP contribution in [-0.4, -0.2) is 36.1 Å². The van der Waals surface area contributed by atoms with Crippen LogP contribution in [0, 0.1) is 5.82 Å². The Hall–Kier alpha value is -2.15. The molecule has 114 valence electrons. The largest absolute Gasteiger partial charge is 0.480 e. The molecule has 2 N–H and O–H groups in total. The predicted molar refractivity (Wildman–Crippen MR) is 71.6 cm³/mol. The standard InChI is InChI=1S/C13H13ClFNO5/c1-21-11(17)5-4-10(13(19)20)16-12(18)8-3-2-7(15)6-9(8)14/h2-3,6,10H,4-5H2,1H3,(H,16,18)(H,19,20). The highest BCUT2D eigenvalue weighted by molar-refractivity contribution is 6.33. The Morgan fingerprint density at radius 3 is 2.62 bits per heavy atom. The lowest BCUT2D eigenvalue weighted by molar-refractivity contribution is -0.142. The van der Waals surface area contributed by atoms with Crippen LogP contribution in [0.4, 0.5) is 4.39 Å². The van der Waals surface area contributed by atoms with Crippen molar-refractivity contribution in [2.75, 3.05) is 7.11 Å². The SMILES string of the molecule is COC(=O)CCC(NC(=O)c1ccc(F)cc1Cl)C(=O)O. The Balaban J connectivity index is 2.76. The first-order chi connectivity index (χ1) is 9.85. The molecule has 21 heavy (non-hydrogen) atoms. The number of methoxy groups -OCH3 is 1. The van der Waals surface area contributed by atoms with Crippen molar-refractivity contribution in [3.05, 3.63) is 34.6 Å². The van der Waals surface area contributed by atoms with E-state index in [1.807, 2.05) is 0 Å². The number of carbonyl (C=O) groups excluding carboxylic acids is 2. The number of amides is 1. The van der Waals surface area contributed by atoms with Gasteiger partial charge in [0, 0.05) is 6.42 Å². The third-order valence-electron chi connectivity index (χ3n) is 2.64. The van der Waals surface area contributed by atoms with Gasteiger partial charge in [-0.25, -0.2) is 9.18 Å². The van der Waals surface area contributed by atoms with Gasteiger partial charge in [-0.05, 0) is 24.6 Å². The maximum atomic E-state index is 12.9. The van der Waals surface area contributed by atoms with Crippen molar-refractivity contribution in [1.82, 2.24) is 5.32 Å². The molecule has 1 amide bonds. The number of hydrogen-bond donors (Lipinski definition) is 2. The van der Waals surface area contributed by atoms with Crippen LogP contribution >= 0.6 is 11.6 Å². The first kappa shape index (κ1) is 16.9. The van der Waals surface area contributed by atoms with Crippen LogP contribution in [0.5, 0.6) is 0 Å². The zero-order chi connectivity index (χ0) is 16.0. The van der Waals surface area contributed by atoms with E-state index in [9.17, 15) is 18.8 Å². The average molecular weight is 318 g/mol. The zero-order valence-electron chi connectivity index (χ0n) is 11.1. The maximum Gasteiger partial charge on any atom is 0.326 e. The lowest BCUT2D eigenvalue weighted by atomic mass is 10.1. The van der Waals surface area contributed by atoms with Crippen LogP contribution in [0.25, 0.3) is 0 Å². The van der Waals surface area contributed by atoms with Gasteiger partial charge in [0.1, 0.15) is 11.9 Å². The minimum absolute atomic E-state index is 0.0533. The van der Waals surface area contributed by atoms with E-state index in [0.717, 1.165) is 18.2 Å². The topological polar surface area (TPSA) is 92.7 Å². The van der Waals surface area contributed by atoms with Crippen molar-refractivity contribution in [3.8, 4) is 0 Å². The lowest BCUT2D eigenvalue weighted by Gasteiger charge is -2.14. The molecule has 0 fully saturated rings.